The molecule has 0 bridgehead atoms. The fourth-order valence-electron chi connectivity index (χ4n) is 0.879. The molecule has 60 valence electrons. The maximum absolute atomic E-state index is 5.80. The Hall–Kier alpha value is 0.540. The first-order valence-electron chi connectivity index (χ1n) is 3.64. The van der Waals surface area contributed by atoms with Crippen molar-refractivity contribution in [2.45, 2.75) is 30.7 Å². The Balaban J connectivity index is 1.83. The second-order valence-corrected chi connectivity index (χ2v) is 3.56. The molecular weight excluding hydrogens is 171 g/mol. The van der Waals surface area contributed by atoms with Gasteiger partial charge in [-0.1, -0.05) is 0 Å². The van der Waals surface area contributed by atoms with Crippen LogP contribution < -0.4 is 0 Å². The van der Waals surface area contributed by atoms with Gasteiger partial charge >= 0.3 is 0 Å². The molecule has 1 aliphatic rings. The third-order valence-corrected chi connectivity index (χ3v) is 2.52. The summed E-state index contributed by atoms with van der Waals surface area (Å²) in [6.45, 7) is 0.952. The molecule has 1 fully saturated rings. The maximum Gasteiger partial charge on any atom is 0.0810 e. The van der Waals surface area contributed by atoms with Crippen molar-refractivity contribution in [2.24, 2.45) is 0 Å². The van der Waals surface area contributed by atoms with Crippen LogP contribution in [0, 0.1) is 0 Å². The van der Waals surface area contributed by atoms with E-state index in [0.717, 1.165) is 25.9 Å². The highest BCUT2D eigenvalue weighted by Crippen LogP contribution is 2.18. The Bertz CT molecular complexity index is 93.6. The normalized spacial score (nSPS) is 26.4. The van der Waals surface area contributed by atoms with E-state index in [0.29, 0.717) is 12.0 Å². The number of ether oxygens (including phenoxy) is 1. The van der Waals surface area contributed by atoms with Crippen LogP contribution >= 0.6 is 23.2 Å². The van der Waals surface area contributed by atoms with Gasteiger partial charge in [-0.05, 0) is 19.3 Å². The molecule has 1 nitrogen and oxygen atoms in total. The summed E-state index contributed by atoms with van der Waals surface area (Å²) in [5, 5.41) is 0.153. The van der Waals surface area contributed by atoms with E-state index in [1.165, 1.54) is 0 Å². The lowest BCUT2D eigenvalue weighted by atomic mass is 10.2. The minimum atomic E-state index is 0.153. The van der Waals surface area contributed by atoms with Gasteiger partial charge in [0.25, 0.3) is 0 Å². The SMILES string of the molecule is ClC[C@H](Cl)CCC[C@@H]1CO1. The zero-order valence-electron chi connectivity index (χ0n) is 5.85. The molecule has 0 spiro atoms. The molecule has 0 aromatic heterocycles. The molecule has 0 radical (unpaired) electrons. The maximum atomic E-state index is 5.80. The van der Waals surface area contributed by atoms with Crippen LogP contribution in [0.2, 0.25) is 0 Å². The molecule has 0 saturated carbocycles. The van der Waals surface area contributed by atoms with E-state index in [1.54, 1.807) is 0 Å². The van der Waals surface area contributed by atoms with Crippen molar-refractivity contribution in [2.75, 3.05) is 12.5 Å². The largest absolute Gasteiger partial charge is 0.373 e. The van der Waals surface area contributed by atoms with Gasteiger partial charge in [-0.25, -0.2) is 0 Å². The Labute approximate surface area is 71.6 Å². The number of hydrogen-bond acceptors (Lipinski definition) is 1. The second-order valence-electron chi connectivity index (χ2n) is 2.64. The standard InChI is InChI=1S/C7H12Cl2O/c8-4-6(9)2-1-3-7-5-10-7/h6-7H,1-5H2/t6-,7-/m1/s1. The van der Waals surface area contributed by atoms with Gasteiger partial charge in [0.15, 0.2) is 0 Å². The Kier molecular flexibility index (Phi) is 3.82. The summed E-state index contributed by atoms with van der Waals surface area (Å²) in [5.41, 5.74) is 0. The molecule has 0 unspecified atom stereocenters. The zero-order valence-corrected chi connectivity index (χ0v) is 7.37. The molecule has 0 aromatic rings. The van der Waals surface area contributed by atoms with Crippen molar-refractivity contribution >= 4 is 23.2 Å². The first-order valence-corrected chi connectivity index (χ1v) is 4.61. The number of epoxide rings is 1. The fourth-order valence-corrected chi connectivity index (χ4v) is 1.19. The van der Waals surface area contributed by atoms with Crippen LogP contribution in [0.25, 0.3) is 0 Å². The van der Waals surface area contributed by atoms with E-state index in [9.17, 15) is 0 Å². The lowest BCUT2D eigenvalue weighted by Crippen LogP contribution is -2.00. The summed E-state index contributed by atoms with van der Waals surface area (Å²) in [7, 11) is 0. The van der Waals surface area contributed by atoms with Crippen molar-refractivity contribution in [1.29, 1.82) is 0 Å². The van der Waals surface area contributed by atoms with Crippen molar-refractivity contribution in [3.63, 3.8) is 0 Å². The second kappa shape index (κ2) is 4.42. The molecule has 10 heavy (non-hydrogen) atoms. The Morgan fingerprint density at radius 2 is 2.30 bits per heavy atom. The number of rotatable bonds is 5. The molecule has 2 atom stereocenters. The molecule has 1 heterocycles. The van der Waals surface area contributed by atoms with Crippen LogP contribution in [0.4, 0.5) is 0 Å². The van der Waals surface area contributed by atoms with Gasteiger partial charge in [-0.15, -0.1) is 23.2 Å². The van der Waals surface area contributed by atoms with E-state index < -0.39 is 0 Å². The minimum Gasteiger partial charge on any atom is -0.373 e. The predicted molar refractivity (Wildman–Crippen MR) is 44.0 cm³/mol. The van der Waals surface area contributed by atoms with Crippen LogP contribution in [-0.4, -0.2) is 24.0 Å². The summed E-state index contributed by atoms with van der Waals surface area (Å²) in [6, 6.07) is 0. The molecular formula is C7H12Cl2O. The average Bonchev–Trinajstić information content (AvgIpc) is 2.71. The summed E-state index contributed by atoms with van der Waals surface area (Å²) < 4.78 is 5.05. The van der Waals surface area contributed by atoms with Crippen molar-refractivity contribution in [1.82, 2.24) is 0 Å². The van der Waals surface area contributed by atoms with Crippen molar-refractivity contribution in [3.05, 3.63) is 0 Å². The Morgan fingerprint density at radius 3 is 2.80 bits per heavy atom. The molecule has 3 heteroatoms. The van der Waals surface area contributed by atoms with Gasteiger partial charge < -0.3 is 4.74 Å². The lowest BCUT2D eigenvalue weighted by Gasteiger charge is -2.02. The molecule has 0 aromatic carbocycles. The quantitative estimate of drug-likeness (QED) is 0.471. The summed E-state index contributed by atoms with van der Waals surface area (Å²) in [6.07, 6.45) is 3.86. The van der Waals surface area contributed by atoms with Gasteiger partial charge in [-0.3, -0.25) is 0 Å². The van der Waals surface area contributed by atoms with Crippen LogP contribution in [0.15, 0.2) is 0 Å². The number of halogens is 2. The Morgan fingerprint density at radius 1 is 1.60 bits per heavy atom. The van der Waals surface area contributed by atoms with E-state index >= 15 is 0 Å². The molecule has 1 aliphatic heterocycles. The van der Waals surface area contributed by atoms with Crippen LogP contribution in [0.5, 0.6) is 0 Å². The zero-order chi connectivity index (χ0) is 7.40. The number of hydrogen-bond donors (Lipinski definition) is 0. The molecule has 0 amide bonds. The topological polar surface area (TPSA) is 12.5 Å². The highest BCUT2D eigenvalue weighted by molar-refractivity contribution is 6.28. The van der Waals surface area contributed by atoms with E-state index in [2.05, 4.69) is 0 Å². The predicted octanol–water partition coefficient (Wildman–Crippen LogP) is 2.40. The smallest absolute Gasteiger partial charge is 0.0810 e. The van der Waals surface area contributed by atoms with Crippen molar-refractivity contribution in [3.8, 4) is 0 Å². The summed E-state index contributed by atoms with van der Waals surface area (Å²) in [5.74, 6) is 0.563. The minimum absolute atomic E-state index is 0.153. The molecule has 0 aliphatic carbocycles. The molecule has 0 N–H and O–H groups in total. The third kappa shape index (κ3) is 3.65. The van der Waals surface area contributed by atoms with E-state index in [1.807, 2.05) is 0 Å². The van der Waals surface area contributed by atoms with Crippen LogP contribution in [0.3, 0.4) is 0 Å². The lowest BCUT2D eigenvalue weighted by molar-refractivity contribution is 0.389. The average molecular weight is 183 g/mol. The fraction of sp³-hybridized carbons (Fsp3) is 1.00. The van der Waals surface area contributed by atoms with Gasteiger partial charge in [0.2, 0.25) is 0 Å². The highest BCUT2D eigenvalue weighted by atomic mass is 35.5. The number of alkyl halides is 2. The van der Waals surface area contributed by atoms with Crippen LogP contribution in [0.1, 0.15) is 19.3 Å². The molecule has 1 rings (SSSR count). The van der Waals surface area contributed by atoms with Crippen molar-refractivity contribution < 1.29 is 4.74 Å². The first kappa shape index (κ1) is 8.63. The third-order valence-electron chi connectivity index (χ3n) is 1.61. The monoisotopic (exact) mass is 182 g/mol. The van der Waals surface area contributed by atoms with Gasteiger partial charge in [0.1, 0.15) is 0 Å². The van der Waals surface area contributed by atoms with E-state index in [-0.39, 0.29) is 5.38 Å². The van der Waals surface area contributed by atoms with Gasteiger partial charge in [0, 0.05) is 11.3 Å². The van der Waals surface area contributed by atoms with Gasteiger partial charge in [-0.2, -0.15) is 0 Å². The van der Waals surface area contributed by atoms with E-state index in [4.69, 9.17) is 27.9 Å². The summed E-state index contributed by atoms with van der Waals surface area (Å²) in [4.78, 5) is 0. The van der Waals surface area contributed by atoms with Gasteiger partial charge in [0.05, 0.1) is 12.7 Å². The summed E-state index contributed by atoms with van der Waals surface area (Å²) >= 11 is 11.3. The first-order chi connectivity index (χ1) is 4.83. The molecule has 1 saturated heterocycles. The highest BCUT2D eigenvalue weighted by Gasteiger charge is 2.21. The van der Waals surface area contributed by atoms with Crippen LogP contribution in [-0.2, 0) is 4.74 Å².